The Kier molecular flexibility index (Phi) is 4.55. The maximum Gasteiger partial charge on any atom is 0.345 e. The number of hydrogen-bond donors (Lipinski definition) is 2. The Labute approximate surface area is 162 Å². The molecule has 3 aromatic rings. The number of amides is 1. The minimum absolute atomic E-state index is 0.0335. The monoisotopic (exact) mass is 400 g/mol. The number of carboxylic acids is 1. The molecule has 1 aromatic heterocycles. The van der Waals surface area contributed by atoms with Gasteiger partial charge in [0, 0.05) is 34.3 Å². The number of hydrogen-bond acceptors (Lipinski definition) is 4. The van der Waals surface area contributed by atoms with E-state index < -0.39 is 17.0 Å². The number of nitrogens with zero attached hydrogens (tertiary/aromatic N) is 1. The van der Waals surface area contributed by atoms with Gasteiger partial charge >= 0.3 is 5.97 Å². The average molecular weight is 400 g/mol. The van der Waals surface area contributed by atoms with Gasteiger partial charge < -0.3 is 10.0 Å². The van der Waals surface area contributed by atoms with Gasteiger partial charge in [-0.1, -0.05) is 12.1 Å². The highest BCUT2D eigenvalue weighted by Crippen LogP contribution is 2.39. The topological polar surface area (TPSA) is 86.7 Å². The Morgan fingerprint density at radius 1 is 1.22 bits per heavy atom. The first-order valence-electron chi connectivity index (χ1n) is 8.36. The SMILES string of the molecule is CCN1C(=O)c2cccc3c(S(=O)NCc4ccc(C(=O)O)s4)ccc1c23. The van der Waals surface area contributed by atoms with Crippen LogP contribution < -0.4 is 9.62 Å². The third kappa shape index (κ3) is 2.95. The lowest BCUT2D eigenvalue weighted by molar-refractivity contribution is 0.0702. The molecule has 2 N–H and O–H groups in total. The van der Waals surface area contributed by atoms with Gasteiger partial charge in [0.1, 0.15) is 15.9 Å². The molecule has 27 heavy (non-hydrogen) atoms. The summed E-state index contributed by atoms with van der Waals surface area (Å²) in [5, 5.41) is 10.6. The van der Waals surface area contributed by atoms with Crippen LogP contribution in [0.3, 0.4) is 0 Å². The maximum absolute atomic E-state index is 12.8. The lowest BCUT2D eigenvalue weighted by atomic mass is 10.1. The molecule has 1 aliphatic rings. The number of thiophene rings is 1. The van der Waals surface area contributed by atoms with Gasteiger partial charge in [-0.3, -0.25) is 4.79 Å². The van der Waals surface area contributed by atoms with Gasteiger partial charge in [0.15, 0.2) is 0 Å². The highest BCUT2D eigenvalue weighted by Gasteiger charge is 2.29. The molecule has 4 rings (SSSR count). The smallest absolute Gasteiger partial charge is 0.345 e. The minimum atomic E-state index is -1.49. The molecular formula is C19H16N2O4S2. The standard InChI is InChI=1S/C19H16N2O4S2/c1-2-21-14-7-9-16(12-4-3-5-13(17(12)14)18(21)22)27(25)20-10-11-6-8-15(26-11)19(23)24/h3-9,20H,2,10H2,1H3,(H,23,24). The van der Waals surface area contributed by atoms with E-state index in [2.05, 4.69) is 4.72 Å². The molecule has 0 fully saturated rings. The fraction of sp³-hybridized carbons (Fsp3) is 0.158. The Hall–Kier alpha value is -2.55. The third-order valence-electron chi connectivity index (χ3n) is 4.51. The van der Waals surface area contributed by atoms with Gasteiger partial charge in [-0.25, -0.2) is 13.7 Å². The molecular weight excluding hydrogens is 384 g/mol. The molecule has 0 bridgehead atoms. The normalized spacial score (nSPS) is 14.1. The van der Waals surface area contributed by atoms with Crippen molar-refractivity contribution in [2.45, 2.75) is 18.4 Å². The molecule has 8 heteroatoms. The molecule has 0 saturated heterocycles. The summed E-state index contributed by atoms with van der Waals surface area (Å²) in [5.41, 5.74) is 1.48. The second-order valence-electron chi connectivity index (χ2n) is 6.02. The summed E-state index contributed by atoms with van der Waals surface area (Å²) in [7, 11) is -1.49. The number of anilines is 1. The predicted octanol–water partition coefficient (Wildman–Crippen LogP) is 3.39. The van der Waals surface area contributed by atoms with Crippen LogP contribution in [0.5, 0.6) is 0 Å². The first-order valence-corrected chi connectivity index (χ1v) is 10.3. The summed E-state index contributed by atoms with van der Waals surface area (Å²) in [4.78, 5) is 26.9. The number of rotatable bonds is 6. The van der Waals surface area contributed by atoms with Crippen LogP contribution in [-0.4, -0.2) is 27.7 Å². The summed E-state index contributed by atoms with van der Waals surface area (Å²) in [6.07, 6.45) is 0. The number of nitrogens with one attached hydrogen (secondary N) is 1. The molecule has 1 amide bonds. The van der Waals surface area contributed by atoms with E-state index in [9.17, 15) is 13.8 Å². The summed E-state index contributed by atoms with van der Waals surface area (Å²) >= 11 is 1.15. The van der Waals surface area contributed by atoms with Crippen molar-refractivity contribution in [1.82, 2.24) is 4.72 Å². The van der Waals surface area contributed by atoms with E-state index in [4.69, 9.17) is 5.11 Å². The molecule has 1 unspecified atom stereocenters. The first-order chi connectivity index (χ1) is 13.0. The lowest BCUT2D eigenvalue weighted by Crippen LogP contribution is -2.25. The summed E-state index contributed by atoms with van der Waals surface area (Å²) in [5.74, 6) is -1.00. The maximum atomic E-state index is 12.8. The van der Waals surface area contributed by atoms with E-state index in [-0.39, 0.29) is 10.8 Å². The van der Waals surface area contributed by atoms with Gasteiger partial charge in [-0.15, -0.1) is 11.3 Å². The molecule has 138 valence electrons. The number of carboxylic acid groups (broad SMARTS) is 1. The molecule has 0 saturated carbocycles. The highest BCUT2D eigenvalue weighted by molar-refractivity contribution is 7.83. The van der Waals surface area contributed by atoms with E-state index >= 15 is 0 Å². The zero-order valence-electron chi connectivity index (χ0n) is 14.4. The van der Waals surface area contributed by atoms with Crippen LogP contribution in [0.15, 0.2) is 47.4 Å². The fourth-order valence-electron chi connectivity index (χ4n) is 3.30. The van der Waals surface area contributed by atoms with Crippen LogP contribution in [-0.2, 0) is 17.5 Å². The van der Waals surface area contributed by atoms with Crippen molar-refractivity contribution in [2.75, 3.05) is 11.4 Å². The minimum Gasteiger partial charge on any atom is -0.477 e. The molecule has 0 spiro atoms. The predicted molar refractivity (Wildman–Crippen MR) is 106 cm³/mol. The van der Waals surface area contributed by atoms with Gasteiger partial charge in [-0.05, 0) is 37.3 Å². The Bertz CT molecular complexity index is 1110. The molecule has 0 aliphatic carbocycles. The van der Waals surface area contributed by atoms with E-state index in [0.717, 1.165) is 32.7 Å². The molecule has 1 atom stereocenters. The van der Waals surface area contributed by atoms with Crippen molar-refractivity contribution in [1.29, 1.82) is 0 Å². The molecule has 0 radical (unpaired) electrons. The Balaban J connectivity index is 1.64. The second-order valence-corrected chi connectivity index (χ2v) is 8.46. The van der Waals surface area contributed by atoms with E-state index in [1.807, 2.05) is 19.1 Å². The van der Waals surface area contributed by atoms with E-state index in [1.165, 1.54) is 6.07 Å². The van der Waals surface area contributed by atoms with Gasteiger partial charge in [0.2, 0.25) is 0 Å². The lowest BCUT2D eigenvalue weighted by Gasteiger charge is -2.15. The number of carbonyl (C=O) groups excluding carboxylic acids is 1. The number of benzene rings is 2. The Morgan fingerprint density at radius 3 is 2.74 bits per heavy atom. The van der Waals surface area contributed by atoms with Crippen LogP contribution in [0.1, 0.15) is 31.8 Å². The fourth-order valence-corrected chi connectivity index (χ4v) is 5.18. The van der Waals surface area contributed by atoms with Crippen LogP contribution in [0, 0.1) is 0 Å². The third-order valence-corrected chi connectivity index (χ3v) is 6.75. The molecule has 1 aliphatic heterocycles. The summed E-state index contributed by atoms with van der Waals surface area (Å²) in [6, 6.07) is 12.3. The van der Waals surface area contributed by atoms with Crippen molar-refractivity contribution in [3.05, 3.63) is 57.8 Å². The van der Waals surface area contributed by atoms with Crippen molar-refractivity contribution in [3.63, 3.8) is 0 Å². The largest absolute Gasteiger partial charge is 0.477 e. The highest BCUT2D eigenvalue weighted by atomic mass is 32.2. The number of aromatic carboxylic acids is 1. The quantitative estimate of drug-likeness (QED) is 0.664. The van der Waals surface area contributed by atoms with Crippen LogP contribution in [0.2, 0.25) is 0 Å². The molecule has 2 aromatic carbocycles. The molecule has 2 heterocycles. The van der Waals surface area contributed by atoms with Crippen LogP contribution >= 0.6 is 11.3 Å². The van der Waals surface area contributed by atoms with Gasteiger partial charge in [-0.2, -0.15) is 0 Å². The molecule has 6 nitrogen and oxygen atoms in total. The van der Waals surface area contributed by atoms with E-state index in [1.54, 1.807) is 29.2 Å². The summed E-state index contributed by atoms with van der Waals surface area (Å²) in [6.45, 7) is 2.80. The van der Waals surface area contributed by atoms with Crippen molar-refractivity contribution in [2.24, 2.45) is 0 Å². The van der Waals surface area contributed by atoms with Gasteiger partial charge in [0.05, 0.1) is 10.6 Å². The van der Waals surface area contributed by atoms with Crippen molar-refractivity contribution >= 4 is 50.7 Å². The summed E-state index contributed by atoms with van der Waals surface area (Å²) < 4.78 is 15.8. The van der Waals surface area contributed by atoms with Crippen LogP contribution in [0.4, 0.5) is 5.69 Å². The average Bonchev–Trinajstić information content (AvgIpc) is 3.25. The van der Waals surface area contributed by atoms with Gasteiger partial charge in [0.25, 0.3) is 5.91 Å². The first kappa shape index (κ1) is 17.8. The zero-order valence-corrected chi connectivity index (χ0v) is 16.0. The zero-order chi connectivity index (χ0) is 19.1. The van der Waals surface area contributed by atoms with Crippen molar-refractivity contribution < 1.29 is 18.9 Å². The number of carbonyl (C=O) groups is 2. The second kappa shape index (κ2) is 6.88. The van der Waals surface area contributed by atoms with Crippen LogP contribution in [0.25, 0.3) is 10.8 Å². The van der Waals surface area contributed by atoms with E-state index in [0.29, 0.717) is 23.5 Å². The van der Waals surface area contributed by atoms with Crippen molar-refractivity contribution in [3.8, 4) is 0 Å². The Morgan fingerprint density at radius 2 is 2.04 bits per heavy atom.